The average Bonchev–Trinajstić information content (AvgIpc) is 2.27. The first-order chi connectivity index (χ1) is 7.88. The monoisotopic (exact) mass is 240 g/mol. The van der Waals surface area contributed by atoms with E-state index in [2.05, 4.69) is 20.8 Å². The molecular weight excluding hydrogens is 212 g/mol. The molecule has 2 atom stereocenters. The summed E-state index contributed by atoms with van der Waals surface area (Å²) >= 11 is 0. The molecule has 100 valence electrons. The number of nitrogens with zero attached hydrogens (tertiary/aromatic N) is 1. The van der Waals surface area contributed by atoms with Gasteiger partial charge in [-0.15, -0.1) is 0 Å². The van der Waals surface area contributed by atoms with Gasteiger partial charge in [0.2, 0.25) is 5.91 Å². The Balaban J connectivity index is 2.61. The first-order valence-corrected chi connectivity index (χ1v) is 6.83. The molecule has 0 aliphatic heterocycles. The van der Waals surface area contributed by atoms with Crippen molar-refractivity contribution in [3.63, 3.8) is 0 Å². The number of hydrogen-bond acceptors (Lipinski definition) is 2. The van der Waals surface area contributed by atoms with E-state index in [0.717, 1.165) is 13.0 Å². The maximum Gasteiger partial charge on any atom is 0.225 e. The van der Waals surface area contributed by atoms with Gasteiger partial charge in [0.25, 0.3) is 0 Å². The van der Waals surface area contributed by atoms with E-state index in [0.29, 0.717) is 18.4 Å². The molecule has 0 radical (unpaired) electrons. The number of hydrogen-bond donors (Lipinski definition) is 1. The quantitative estimate of drug-likeness (QED) is 0.819. The lowest BCUT2D eigenvalue weighted by Gasteiger charge is -2.39. The Morgan fingerprint density at radius 3 is 2.65 bits per heavy atom. The van der Waals surface area contributed by atoms with Gasteiger partial charge < -0.3 is 10.6 Å². The van der Waals surface area contributed by atoms with Gasteiger partial charge in [-0.1, -0.05) is 33.6 Å². The summed E-state index contributed by atoms with van der Waals surface area (Å²) in [6.45, 7) is 7.98. The zero-order valence-electron chi connectivity index (χ0n) is 11.8. The van der Waals surface area contributed by atoms with Crippen molar-refractivity contribution < 1.29 is 4.79 Å². The van der Waals surface area contributed by atoms with Gasteiger partial charge in [-0.05, 0) is 30.7 Å². The lowest BCUT2D eigenvalue weighted by molar-refractivity contribution is -0.140. The zero-order valence-corrected chi connectivity index (χ0v) is 11.8. The normalized spacial score (nSPS) is 25.4. The maximum atomic E-state index is 12.5. The van der Waals surface area contributed by atoms with E-state index < -0.39 is 0 Å². The van der Waals surface area contributed by atoms with E-state index in [-0.39, 0.29) is 11.3 Å². The first-order valence-electron chi connectivity index (χ1n) is 6.83. The third-order valence-corrected chi connectivity index (χ3v) is 4.17. The summed E-state index contributed by atoms with van der Waals surface area (Å²) in [7, 11) is 1.92. The van der Waals surface area contributed by atoms with Crippen LogP contribution in [0.1, 0.15) is 46.5 Å². The van der Waals surface area contributed by atoms with Gasteiger partial charge in [0.1, 0.15) is 0 Å². The summed E-state index contributed by atoms with van der Waals surface area (Å²) in [6, 6.07) is 0. The highest BCUT2D eigenvalue weighted by Crippen LogP contribution is 2.41. The molecule has 0 aromatic rings. The first kappa shape index (κ1) is 14.5. The summed E-state index contributed by atoms with van der Waals surface area (Å²) in [6.07, 6.45) is 4.68. The van der Waals surface area contributed by atoms with E-state index in [4.69, 9.17) is 5.73 Å². The van der Waals surface area contributed by atoms with Crippen molar-refractivity contribution in [1.29, 1.82) is 0 Å². The lowest BCUT2D eigenvalue weighted by Crippen LogP contribution is -2.44. The van der Waals surface area contributed by atoms with E-state index in [1.54, 1.807) is 0 Å². The smallest absolute Gasteiger partial charge is 0.225 e. The molecule has 1 aliphatic rings. The Labute approximate surface area is 106 Å². The molecule has 1 fully saturated rings. The molecule has 2 unspecified atom stereocenters. The number of rotatable bonds is 4. The highest BCUT2D eigenvalue weighted by Gasteiger charge is 2.38. The van der Waals surface area contributed by atoms with E-state index in [9.17, 15) is 4.79 Å². The van der Waals surface area contributed by atoms with Crippen LogP contribution >= 0.6 is 0 Å². The highest BCUT2D eigenvalue weighted by molar-refractivity contribution is 5.79. The Morgan fingerprint density at radius 1 is 1.47 bits per heavy atom. The van der Waals surface area contributed by atoms with Crippen molar-refractivity contribution in [2.24, 2.45) is 23.0 Å². The van der Waals surface area contributed by atoms with Gasteiger partial charge in [-0.3, -0.25) is 4.79 Å². The van der Waals surface area contributed by atoms with Crippen LogP contribution in [0.2, 0.25) is 0 Å². The van der Waals surface area contributed by atoms with Gasteiger partial charge in [0, 0.05) is 19.5 Å². The molecule has 1 saturated carbocycles. The van der Waals surface area contributed by atoms with E-state index in [1.165, 1.54) is 19.3 Å². The van der Waals surface area contributed by atoms with E-state index >= 15 is 0 Å². The number of amides is 1. The minimum Gasteiger partial charge on any atom is -0.345 e. The molecular formula is C14H28N2O. The van der Waals surface area contributed by atoms with Crippen LogP contribution in [0.4, 0.5) is 0 Å². The lowest BCUT2D eigenvalue weighted by atomic mass is 9.68. The van der Waals surface area contributed by atoms with Gasteiger partial charge in [-0.25, -0.2) is 0 Å². The fourth-order valence-electron chi connectivity index (χ4n) is 2.85. The third-order valence-electron chi connectivity index (χ3n) is 4.17. The zero-order chi connectivity index (χ0) is 13.1. The fraction of sp³-hybridized carbons (Fsp3) is 0.929. The van der Waals surface area contributed by atoms with Crippen molar-refractivity contribution in [1.82, 2.24) is 4.90 Å². The number of nitrogens with two attached hydrogens (primary N) is 1. The molecule has 2 N–H and O–H groups in total. The second kappa shape index (κ2) is 5.85. The molecule has 1 rings (SSSR count). The van der Waals surface area contributed by atoms with Gasteiger partial charge in [-0.2, -0.15) is 0 Å². The van der Waals surface area contributed by atoms with Crippen LogP contribution in [0.25, 0.3) is 0 Å². The molecule has 3 heteroatoms. The average molecular weight is 240 g/mol. The molecule has 3 nitrogen and oxygen atoms in total. The standard InChI is InChI=1S/C14H28N2O/c1-11(9-15)10-16(4)13(17)12-7-5-6-8-14(12,2)3/h11-12H,5-10,15H2,1-4H3. The molecule has 1 aliphatic carbocycles. The van der Waals surface area contributed by atoms with Crippen LogP contribution in [0.15, 0.2) is 0 Å². The van der Waals surface area contributed by atoms with Gasteiger partial charge >= 0.3 is 0 Å². The van der Waals surface area contributed by atoms with Crippen LogP contribution in [0.3, 0.4) is 0 Å². The predicted octanol–water partition coefficient (Wildman–Crippen LogP) is 2.26. The molecule has 0 spiro atoms. The maximum absolute atomic E-state index is 12.5. The van der Waals surface area contributed by atoms with Crippen LogP contribution in [0, 0.1) is 17.3 Å². The minimum atomic E-state index is 0.162. The summed E-state index contributed by atoms with van der Waals surface area (Å²) in [5, 5.41) is 0. The third kappa shape index (κ3) is 3.70. The SMILES string of the molecule is CC(CN)CN(C)C(=O)C1CCCCC1(C)C. The molecule has 0 bridgehead atoms. The fourth-order valence-corrected chi connectivity index (χ4v) is 2.85. The summed E-state index contributed by atoms with van der Waals surface area (Å²) < 4.78 is 0. The molecule has 0 aromatic heterocycles. The van der Waals surface area contributed by atoms with Crippen LogP contribution < -0.4 is 5.73 Å². The molecule has 0 saturated heterocycles. The summed E-state index contributed by atoms with van der Waals surface area (Å²) in [5.41, 5.74) is 5.78. The number of carbonyl (C=O) groups is 1. The summed E-state index contributed by atoms with van der Waals surface area (Å²) in [4.78, 5) is 14.3. The van der Waals surface area contributed by atoms with Crippen LogP contribution in [-0.2, 0) is 4.79 Å². The Kier molecular flexibility index (Phi) is 4.99. The van der Waals surface area contributed by atoms with E-state index in [1.807, 2.05) is 11.9 Å². The van der Waals surface area contributed by atoms with Gasteiger partial charge in [0.05, 0.1) is 0 Å². The molecule has 17 heavy (non-hydrogen) atoms. The van der Waals surface area contributed by atoms with Crippen molar-refractivity contribution >= 4 is 5.91 Å². The Bertz CT molecular complexity index is 263. The second-order valence-corrected chi connectivity index (χ2v) is 6.35. The molecule has 0 heterocycles. The topological polar surface area (TPSA) is 46.3 Å². The van der Waals surface area contributed by atoms with Crippen LogP contribution in [0.5, 0.6) is 0 Å². The Morgan fingerprint density at radius 2 is 2.12 bits per heavy atom. The Hall–Kier alpha value is -0.570. The number of carbonyl (C=O) groups excluding carboxylic acids is 1. The van der Waals surface area contributed by atoms with Gasteiger partial charge in [0.15, 0.2) is 0 Å². The predicted molar refractivity (Wildman–Crippen MR) is 71.6 cm³/mol. The summed E-state index contributed by atoms with van der Waals surface area (Å²) in [5.74, 6) is 0.900. The van der Waals surface area contributed by atoms with Crippen molar-refractivity contribution in [2.45, 2.75) is 46.5 Å². The highest BCUT2D eigenvalue weighted by atomic mass is 16.2. The largest absolute Gasteiger partial charge is 0.345 e. The minimum absolute atomic E-state index is 0.162. The molecule has 1 amide bonds. The molecule has 0 aromatic carbocycles. The second-order valence-electron chi connectivity index (χ2n) is 6.35. The van der Waals surface area contributed by atoms with Crippen molar-refractivity contribution in [2.75, 3.05) is 20.1 Å². The van der Waals surface area contributed by atoms with Crippen LogP contribution in [-0.4, -0.2) is 30.9 Å². The van der Waals surface area contributed by atoms with Crippen molar-refractivity contribution in [3.8, 4) is 0 Å². The van der Waals surface area contributed by atoms with Crippen molar-refractivity contribution in [3.05, 3.63) is 0 Å².